The topological polar surface area (TPSA) is 89.0 Å². The molecule has 2 saturated heterocycles. The Morgan fingerprint density at radius 3 is 2.54 bits per heavy atom. The molecule has 3 heterocycles. The van der Waals surface area contributed by atoms with Gasteiger partial charge in [0.1, 0.15) is 11.3 Å². The highest BCUT2D eigenvalue weighted by Gasteiger charge is 2.36. The first-order valence-corrected chi connectivity index (χ1v) is 15.1. The van der Waals surface area contributed by atoms with E-state index in [0.717, 1.165) is 17.5 Å². The number of nitrogens with zero attached hydrogens (tertiary/aromatic N) is 3. The number of rotatable bonds is 7. The minimum atomic E-state index is -3.66. The second-order valence-electron chi connectivity index (χ2n) is 9.14. The Kier molecular flexibility index (Phi) is 7.95. The van der Waals surface area contributed by atoms with Crippen molar-refractivity contribution in [1.82, 2.24) is 9.29 Å². The van der Waals surface area contributed by atoms with Gasteiger partial charge in [-0.25, -0.2) is 13.4 Å². The molecular formula is C25H27Cl2N3O5S2. The summed E-state index contributed by atoms with van der Waals surface area (Å²) in [6.45, 7) is 1.58. The number of halogens is 2. The molecule has 0 spiro atoms. The summed E-state index contributed by atoms with van der Waals surface area (Å²) in [4.78, 5) is 20.5. The molecular weight excluding hydrogens is 557 g/mol. The van der Waals surface area contributed by atoms with Gasteiger partial charge in [-0.3, -0.25) is 9.69 Å². The summed E-state index contributed by atoms with van der Waals surface area (Å²) in [6.07, 6.45) is 2.59. The second-order valence-corrected chi connectivity index (χ2v) is 12.9. The number of ether oxygens (including phenoxy) is 2. The largest absolute Gasteiger partial charge is 0.494 e. The fourth-order valence-corrected chi connectivity index (χ4v) is 7.66. The van der Waals surface area contributed by atoms with Crippen LogP contribution < -0.4 is 9.64 Å². The van der Waals surface area contributed by atoms with E-state index in [2.05, 4.69) is 0 Å². The van der Waals surface area contributed by atoms with Gasteiger partial charge in [0.15, 0.2) is 5.13 Å². The summed E-state index contributed by atoms with van der Waals surface area (Å²) in [5, 5.41) is 1.56. The van der Waals surface area contributed by atoms with Crippen LogP contribution in [0.15, 0.2) is 41.3 Å². The minimum Gasteiger partial charge on any atom is -0.494 e. The highest BCUT2D eigenvalue weighted by atomic mass is 35.5. The second kappa shape index (κ2) is 11.0. The quantitative estimate of drug-likeness (QED) is 0.378. The molecule has 1 amide bonds. The van der Waals surface area contributed by atoms with E-state index in [1.807, 2.05) is 0 Å². The Morgan fingerprint density at radius 1 is 1.16 bits per heavy atom. The summed E-state index contributed by atoms with van der Waals surface area (Å²) in [5.74, 6) is 0.183. The van der Waals surface area contributed by atoms with E-state index in [1.54, 1.807) is 36.3 Å². The summed E-state index contributed by atoms with van der Waals surface area (Å²) in [6, 6.07) is 9.65. The zero-order chi connectivity index (χ0) is 26.2. The third-order valence-electron chi connectivity index (χ3n) is 6.83. The van der Waals surface area contributed by atoms with E-state index in [1.165, 1.54) is 27.8 Å². The van der Waals surface area contributed by atoms with Crippen LogP contribution in [0.25, 0.3) is 10.2 Å². The van der Waals surface area contributed by atoms with Crippen molar-refractivity contribution in [3.8, 4) is 5.75 Å². The number of hydrogen-bond acceptors (Lipinski definition) is 7. The molecule has 0 radical (unpaired) electrons. The SMILES string of the molecule is COc1ccc(Cl)c2sc(N(CC3CCCO3)C(=O)C3CCN(S(=O)(=O)c4ccc(Cl)cc4)CC3)nc12. The van der Waals surface area contributed by atoms with Crippen LogP contribution in [0, 0.1) is 5.92 Å². The first-order valence-electron chi connectivity index (χ1n) is 12.1. The van der Waals surface area contributed by atoms with Gasteiger partial charge in [-0.1, -0.05) is 34.5 Å². The average Bonchev–Trinajstić information content (AvgIpc) is 3.58. The third-order valence-corrected chi connectivity index (χ3v) is 10.5. The van der Waals surface area contributed by atoms with E-state index in [4.69, 9.17) is 37.7 Å². The molecule has 0 saturated carbocycles. The number of carbonyl (C=O) groups is 1. The van der Waals surface area contributed by atoms with E-state index < -0.39 is 10.0 Å². The predicted molar refractivity (Wildman–Crippen MR) is 145 cm³/mol. The first kappa shape index (κ1) is 26.6. The molecule has 198 valence electrons. The molecule has 0 aliphatic carbocycles. The van der Waals surface area contributed by atoms with Crippen molar-refractivity contribution >= 4 is 65.8 Å². The number of carbonyl (C=O) groups excluding carboxylic acids is 1. The maximum absolute atomic E-state index is 13.9. The monoisotopic (exact) mass is 583 g/mol. The lowest BCUT2D eigenvalue weighted by molar-refractivity contribution is -0.123. The van der Waals surface area contributed by atoms with Gasteiger partial charge < -0.3 is 9.47 Å². The van der Waals surface area contributed by atoms with Gasteiger partial charge in [0.05, 0.1) is 34.4 Å². The summed E-state index contributed by atoms with van der Waals surface area (Å²) in [5.41, 5.74) is 0.615. The number of amides is 1. The van der Waals surface area contributed by atoms with Gasteiger partial charge in [0.2, 0.25) is 15.9 Å². The van der Waals surface area contributed by atoms with E-state index in [9.17, 15) is 13.2 Å². The van der Waals surface area contributed by atoms with Crippen LogP contribution in [0.5, 0.6) is 5.75 Å². The van der Waals surface area contributed by atoms with Crippen molar-refractivity contribution < 1.29 is 22.7 Å². The van der Waals surface area contributed by atoms with Crippen LogP contribution in [0.1, 0.15) is 25.7 Å². The fraction of sp³-hybridized carbons (Fsp3) is 0.440. The number of thiazole rings is 1. The lowest BCUT2D eigenvalue weighted by Gasteiger charge is -2.33. The van der Waals surface area contributed by atoms with Crippen LogP contribution in [0.2, 0.25) is 10.0 Å². The van der Waals surface area contributed by atoms with Crippen molar-refractivity contribution in [2.24, 2.45) is 5.92 Å². The van der Waals surface area contributed by atoms with Crippen LogP contribution in [0.3, 0.4) is 0 Å². The number of hydrogen-bond donors (Lipinski definition) is 0. The number of fused-ring (bicyclic) bond motifs is 1. The normalized spacial score (nSPS) is 19.4. The van der Waals surface area contributed by atoms with Crippen molar-refractivity contribution in [3.05, 3.63) is 46.4 Å². The zero-order valence-electron chi connectivity index (χ0n) is 20.2. The Bertz CT molecular complexity index is 1380. The maximum atomic E-state index is 13.9. The van der Waals surface area contributed by atoms with Gasteiger partial charge >= 0.3 is 0 Å². The molecule has 3 aromatic rings. The molecule has 37 heavy (non-hydrogen) atoms. The van der Waals surface area contributed by atoms with E-state index >= 15 is 0 Å². The Labute approximate surface area is 230 Å². The molecule has 5 rings (SSSR count). The Hall–Kier alpha value is -1.95. The zero-order valence-corrected chi connectivity index (χ0v) is 23.4. The van der Waals surface area contributed by atoms with E-state index in [-0.39, 0.29) is 35.9 Å². The van der Waals surface area contributed by atoms with Crippen molar-refractivity contribution in [3.63, 3.8) is 0 Å². The lowest BCUT2D eigenvalue weighted by atomic mass is 9.96. The van der Waals surface area contributed by atoms with Crippen LogP contribution in [-0.4, -0.2) is 63.1 Å². The Morgan fingerprint density at radius 2 is 1.89 bits per heavy atom. The van der Waals surface area contributed by atoms with Gasteiger partial charge in [-0.15, -0.1) is 0 Å². The molecule has 12 heteroatoms. The number of anilines is 1. The minimum absolute atomic E-state index is 0.0706. The highest BCUT2D eigenvalue weighted by molar-refractivity contribution is 7.89. The van der Waals surface area contributed by atoms with Crippen molar-refractivity contribution in [2.45, 2.75) is 36.7 Å². The van der Waals surface area contributed by atoms with Gasteiger partial charge in [0, 0.05) is 30.6 Å². The summed E-state index contributed by atoms with van der Waals surface area (Å²) >= 11 is 13.7. The number of methoxy groups -OCH3 is 1. The van der Waals surface area contributed by atoms with Crippen molar-refractivity contribution in [1.29, 1.82) is 0 Å². The van der Waals surface area contributed by atoms with Crippen LogP contribution >= 0.6 is 34.5 Å². The molecule has 2 aliphatic rings. The first-order chi connectivity index (χ1) is 17.8. The smallest absolute Gasteiger partial charge is 0.243 e. The van der Waals surface area contributed by atoms with Gasteiger partial charge in [0.25, 0.3) is 0 Å². The average molecular weight is 585 g/mol. The molecule has 1 unspecified atom stereocenters. The molecule has 1 atom stereocenters. The summed E-state index contributed by atoms with van der Waals surface area (Å²) < 4.78 is 39.7. The highest BCUT2D eigenvalue weighted by Crippen LogP contribution is 2.40. The molecule has 1 aromatic heterocycles. The fourth-order valence-electron chi connectivity index (χ4n) is 4.79. The van der Waals surface area contributed by atoms with E-state index in [0.29, 0.717) is 52.4 Å². The van der Waals surface area contributed by atoms with Crippen LogP contribution in [-0.2, 0) is 19.6 Å². The molecule has 0 bridgehead atoms. The molecule has 2 aromatic carbocycles. The van der Waals surface area contributed by atoms with Gasteiger partial charge in [-0.05, 0) is 62.1 Å². The third kappa shape index (κ3) is 5.46. The molecule has 8 nitrogen and oxygen atoms in total. The molecule has 0 N–H and O–H groups in total. The van der Waals surface area contributed by atoms with Gasteiger partial charge in [-0.2, -0.15) is 4.31 Å². The number of benzene rings is 2. The number of aromatic nitrogens is 1. The number of piperidine rings is 1. The molecule has 2 aliphatic heterocycles. The molecule has 2 fully saturated rings. The summed E-state index contributed by atoms with van der Waals surface area (Å²) in [7, 11) is -2.09. The Balaban J connectivity index is 1.37. The van der Waals surface area contributed by atoms with Crippen molar-refractivity contribution in [2.75, 3.05) is 38.3 Å². The van der Waals surface area contributed by atoms with Crippen LogP contribution in [0.4, 0.5) is 5.13 Å². The standard InChI is InChI=1S/C25H27Cl2N3O5S2/c1-34-21-9-8-20(27)23-22(21)28-25(36-23)30(15-18-3-2-14-35-18)24(31)16-10-12-29(13-11-16)37(32,33)19-6-4-17(26)5-7-19/h4-9,16,18H,2-3,10-15H2,1H3. The predicted octanol–water partition coefficient (Wildman–Crippen LogP) is 5.22. The maximum Gasteiger partial charge on any atom is 0.243 e. The lowest BCUT2D eigenvalue weighted by Crippen LogP contribution is -2.46. The number of sulfonamides is 1.